The van der Waals surface area contributed by atoms with E-state index in [1.54, 1.807) is 42.1 Å². The topological polar surface area (TPSA) is 65.7 Å². The molecule has 3 aromatic rings. The number of fused-ring (bicyclic) bond motifs is 1. The molecule has 1 aliphatic carbocycles. The van der Waals surface area contributed by atoms with Gasteiger partial charge in [-0.25, -0.2) is 23.6 Å². The summed E-state index contributed by atoms with van der Waals surface area (Å²) in [6.07, 6.45) is 6.56. The fraction of sp³-hybridized carbons (Fsp3) is 0.190. The van der Waals surface area contributed by atoms with Crippen molar-refractivity contribution in [3.05, 3.63) is 77.2 Å². The molecule has 0 saturated heterocycles. The van der Waals surface area contributed by atoms with Crippen LogP contribution in [0, 0.1) is 0 Å². The Morgan fingerprint density at radius 2 is 2.14 bits per heavy atom. The van der Waals surface area contributed by atoms with E-state index in [2.05, 4.69) is 15.0 Å². The molecule has 0 radical (unpaired) electrons. The second-order valence-corrected chi connectivity index (χ2v) is 6.54. The molecule has 0 fully saturated rings. The normalized spacial score (nSPS) is 13.8. The standard InChI is InChI=1S/C21H17F2N3O3/c1-28-14-9-10-19-16(11-13-5-4-8-18(24-13)21(27)29-23)20(25-26(19)12-14)15-6-2-3-7-17(15)22/h2,4-6,8-10,12H,3,7,11H2,1H3. The molecule has 0 spiro atoms. The van der Waals surface area contributed by atoms with Gasteiger partial charge in [-0.05, 0) is 30.7 Å². The first-order chi connectivity index (χ1) is 14.1. The summed E-state index contributed by atoms with van der Waals surface area (Å²) in [5, 5.41) is 4.57. The van der Waals surface area contributed by atoms with E-state index in [1.807, 2.05) is 12.1 Å². The Kier molecular flexibility index (Phi) is 5.07. The van der Waals surface area contributed by atoms with Crippen molar-refractivity contribution >= 4 is 17.1 Å². The van der Waals surface area contributed by atoms with E-state index in [4.69, 9.17) is 4.74 Å². The van der Waals surface area contributed by atoms with E-state index >= 15 is 0 Å². The van der Waals surface area contributed by atoms with Crippen molar-refractivity contribution in [1.82, 2.24) is 14.6 Å². The van der Waals surface area contributed by atoms with Crippen molar-refractivity contribution in [3.63, 3.8) is 0 Å². The van der Waals surface area contributed by atoms with E-state index in [1.165, 1.54) is 6.07 Å². The van der Waals surface area contributed by atoms with Gasteiger partial charge in [0.05, 0.1) is 24.5 Å². The molecule has 6 nitrogen and oxygen atoms in total. The quantitative estimate of drug-likeness (QED) is 0.638. The van der Waals surface area contributed by atoms with Crippen molar-refractivity contribution in [2.24, 2.45) is 0 Å². The maximum atomic E-state index is 14.6. The van der Waals surface area contributed by atoms with Crippen LogP contribution in [0.5, 0.6) is 5.75 Å². The number of aromatic nitrogens is 3. The molecule has 0 saturated carbocycles. The molecule has 0 N–H and O–H groups in total. The zero-order chi connectivity index (χ0) is 20.4. The molecule has 1 aliphatic rings. The highest BCUT2D eigenvalue weighted by molar-refractivity contribution is 5.86. The lowest BCUT2D eigenvalue weighted by molar-refractivity contribution is -0.0793. The maximum absolute atomic E-state index is 14.6. The van der Waals surface area contributed by atoms with Gasteiger partial charge in [-0.15, -0.1) is 0 Å². The fourth-order valence-corrected chi connectivity index (χ4v) is 3.35. The minimum absolute atomic E-state index is 0.146. The van der Waals surface area contributed by atoms with Gasteiger partial charge in [-0.2, -0.15) is 5.10 Å². The molecule has 0 unspecified atom stereocenters. The number of rotatable bonds is 5. The lowest BCUT2D eigenvalue weighted by atomic mass is 9.97. The molecule has 0 amide bonds. The van der Waals surface area contributed by atoms with Crippen molar-refractivity contribution in [3.8, 4) is 5.75 Å². The van der Waals surface area contributed by atoms with Gasteiger partial charge in [-0.1, -0.05) is 18.2 Å². The van der Waals surface area contributed by atoms with E-state index in [0.717, 1.165) is 11.1 Å². The zero-order valence-corrected chi connectivity index (χ0v) is 15.6. The van der Waals surface area contributed by atoms with Crippen LogP contribution in [0.2, 0.25) is 0 Å². The van der Waals surface area contributed by atoms with Gasteiger partial charge >= 0.3 is 5.97 Å². The lowest BCUT2D eigenvalue weighted by Gasteiger charge is -2.10. The van der Waals surface area contributed by atoms with Gasteiger partial charge in [0, 0.05) is 34.2 Å². The number of hydrogen-bond donors (Lipinski definition) is 0. The first-order valence-electron chi connectivity index (χ1n) is 9.00. The van der Waals surface area contributed by atoms with E-state index < -0.39 is 5.97 Å². The lowest BCUT2D eigenvalue weighted by Crippen LogP contribution is -2.05. The largest absolute Gasteiger partial charge is 0.495 e. The summed E-state index contributed by atoms with van der Waals surface area (Å²) >= 11 is 0. The van der Waals surface area contributed by atoms with E-state index in [-0.39, 0.29) is 17.9 Å². The van der Waals surface area contributed by atoms with Crippen molar-refractivity contribution < 1.29 is 23.4 Å². The molecule has 148 valence electrons. The average molecular weight is 397 g/mol. The van der Waals surface area contributed by atoms with Crippen LogP contribution in [0.3, 0.4) is 0 Å². The van der Waals surface area contributed by atoms with Gasteiger partial charge < -0.3 is 4.74 Å². The summed E-state index contributed by atoms with van der Waals surface area (Å²) in [6, 6.07) is 8.27. The van der Waals surface area contributed by atoms with E-state index in [9.17, 15) is 13.7 Å². The fourth-order valence-electron chi connectivity index (χ4n) is 3.35. The van der Waals surface area contributed by atoms with Gasteiger partial charge in [0.25, 0.3) is 0 Å². The van der Waals surface area contributed by atoms with Gasteiger partial charge in [0.15, 0.2) is 5.69 Å². The SMILES string of the molecule is COc1ccc2c(Cc3cccc(C(=O)OF)n3)c(C3=C(F)CCC=C3)nn2c1. The number of halogens is 2. The van der Waals surface area contributed by atoms with Crippen LogP contribution in [0.4, 0.5) is 8.92 Å². The summed E-state index contributed by atoms with van der Waals surface area (Å²) in [7, 11) is 1.55. The van der Waals surface area contributed by atoms with Crippen LogP contribution in [0.1, 0.15) is 40.3 Å². The number of methoxy groups -OCH3 is 1. The van der Waals surface area contributed by atoms with Crippen molar-refractivity contribution in [2.75, 3.05) is 7.11 Å². The predicted octanol–water partition coefficient (Wildman–Crippen LogP) is 4.40. The Morgan fingerprint density at radius 1 is 1.28 bits per heavy atom. The third-order valence-electron chi connectivity index (χ3n) is 4.75. The van der Waals surface area contributed by atoms with Gasteiger partial charge in [0.1, 0.15) is 11.6 Å². The van der Waals surface area contributed by atoms with Gasteiger partial charge in [-0.3, -0.25) is 0 Å². The summed E-state index contributed by atoms with van der Waals surface area (Å²) in [5.41, 5.74) is 2.76. The molecule has 0 bridgehead atoms. The predicted molar refractivity (Wildman–Crippen MR) is 102 cm³/mol. The molecule has 8 heteroatoms. The molecule has 0 aromatic carbocycles. The van der Waals surface area contributed by atoms with Crippen LogP contribution in [0.15, 0.2) is 54.5 Å². The summed E-state index contributed by atoms with van der Waals surface area (Å²) in [6.45, 7) is 0. The molecule has 0 atom stereocenters. The minimum atomic E-state index is -1.17. The number of carbonyl (C=O) groups excluding carboxylic acids is 1. The number of allylic oxidation sites excluding steroid dienone is 4. The van der Waals surface area contributed by atoms with Crippen LogP contribution in [-0.2, 0) is 11.4 Å². The third kappa shape index (κ3) is 3.61. The van der Waals surface area contributed by atoms with Crippen molar-refractivity contribution in [1.29, 1.82) is 0 Å². The second kappa shape index (κ2) is 7.83. The number of ether oxygens (including phenoxy) is 1. The van der Waals surface area contributed by atoms with E-state index in [0.29, 0.717) is 35.6 Å². The molecular formula is C21H17F2N3O3. The Morgan fingerprint density at radius 3 is 2.90 bits per heavy atom. The average Bonchev–Trinajstić information content (AvgIpc) is 3.10. The van der Waals surface area contributed by atoms with Crippen LogP contribution in [0.25, 0.3) is 11.1 Å². The molecule has 4 rings (SSSR count). The first-order valence-corrected chi connectivity index (χ1v) is 9.00. The minimum Gasteiger partial charge on any atom is -0.495 e. The molecular weight excluding hydrogens is 380 g/mol. The molecule has 29 heavy (non-hydrogen) atoms. The summed E-state index contributed by atoms with van der Waals surface area (Å²) in [4.78, 5) is 18.9. The first kappa shape index (κ1) is 18.8. The number of hydrogen-bond acceptors (Lipinski definition) is 5. The number of pyridine rings is 2. The second-order valence-electron chi connectivity index (χ2n) is 6.54. The smallest absolute Gasteiger partial charge is 0.397 e. The monoisotopic (exact) mass is 397 g/mol. The summed E-state index contributed by atoms with van der Waals surface area (Å²) in [5.74, 6) is -0.787. The highest BCUT2D eigenvalue weighted by atomic mass is 19.3. The number of nitrogens with zero attached hydrogens (tertiary/aromatic N) is 3. The van der Waals surface area contributed by atoms with Crippen molar-refractivity contribution in [2.45, 2.75) is 19.3 Å². The third-order valence-corrected chi connectivity index (χ3v) is 4.75. The van der Waals surface area contributed by atoms with Crippen LogP contribution < -0.4 is 4.74 Å². The van der Waals surface area contributed by atoms with Crippen LogP contribution in [-0.4, -0.2) is 27.7 Å². The van der Waals surface area contributed by atoms with Crippen LogP contribution >= 0.6 is 0 Å². The summed E-state index contributed by atoms with van der Waals surface area (Å²) < 4.78 is 33.7. The number of carbonyl (C=O) groups is 1. The molecule has 0 aliphatic heterocycles. The highest BCUT2D eigenvalue weighted by Crippen LogP contribution is 2.33. The Bertz CT molecular complexity index is 1150. The Labute approximate surface area is 165 Å². The Balaban J connectivity index is 1.85. The molecule has 3 aromatic heterocycles. The van der Waals surface area contributed by atoms with Gasteiger partial charge in [0.2, 0.25) is 0 Å². The molecule has 3 heterocycles. The maximum Gasteiger partial charge on any atom is 0.397 e. The zero-order valence-electron chi connectivity index (χ0n) is 15.6. The highest BCUT2D eigenvalue weighted by Gasteiger charge is 2.21. The Hall–Kier alpha value is -3.55.